The number of nitrogens with one attached hydrogen (secondary N) is 1. The van der Waals surface area contributed by atoms with Crippen LogP contribution in [0.15, 0.2) is 47.5 Å². The van der Waals surface area contributed by atoms with Crippen molar-refractivity contribution in [2.45, 2.75) is 25.8 Å². The zero-order valence-corrected chi connectivity index (χ0v) is 21.6. The van der Waals surface area contributed by atoms with Gasteiger partial charge in [-0.15, -0.1) is 0 Å². The molecule has 3 aliphatic rings. The standard InChI is InChI=1S/C27H26ClN7O3/c1-32-25(36)20-4-2-16(8-24(20)35(32)13-21-22-15-38-14-17(22)3-5-23(21)28)18-9-29-26(30-10-18)33-6-7-34-19(12-33)11-31-27(34)37/h2-5,8-10,19H,6-7,11-15H2,1H3,(H,31,37). The van der Waals surface area contributed by atoms with Crippen LogP contribution in [0.3, 0.4) is 0 Å². The molecule has 10 nitrogen and oxygen atoms in total. The lowest BCUT2D eigenvalue weighted by molar-refractivity contribution is 0.134. The van der Waals surface area contributed by atoms with Gasteiger partial charge in [0.1, 0.15) is 0 Å². The number of aromatic nitrogens is 4. The van der Waals surface area contributed by atoms with Gasteiger partial charge in [-0.05, 0) is 40.5 Å². The van der Waals surface area contributed by atoms with Crippen molar-refractivity contribution in [1.82, 2.24) is 29.5 Å². The minimum Gasteiger partial charge on any atom is -0.372 e. The van der Waals surface area contributed by atoms with E-state index >= 15 is 0 Å². The van der Waals surface area contributed by atoms with Crippen molar-refractivity contribution in [3.8, 4) is 11.1 Å². The van der Waals surface area contributed by atoms with Gasteiger partial charge < -0.3 is 19.9 Å². The number of hydrogen-bond acceptors (Lipinski definition) is 6. The second-order valence-electron chi connectivity index (χ2n) is 10.0. The third kappa shape index (κ3) is 3.66. The van der Waals surface area contributed by atoms with Crippen LogP contribution in [0.5, 0.6) is 0 Å². The van der Waals surface area contributed by atoms with Crippen LogP contribution < -0.4 is 15.8 Å². The Bertz CT molecular complexity index is 1650. The highest BCUT2D eigenvalue weighted by atomic mass is 35.5. The lowest BCUT2D eigenvalue weighted by Gasteiger charge is -2.36. The molecule has 1 unspecified atom stereocenters. The summed E-state index contributed by atoms with van der Waals surface area (Å²) in [5, 5.41) is 4.21. The van der Waals surface area contributed by atoms with Crippen LogP contribution in [0.2, 0.25) is 5.02 Å². The Hall–Kier alpha value is -3.89. The fourth-order valence-electron chi connectivity index (χ4n) is 5.77. The third-order valence-corrected chi connectivity index (χ3v) is 8.29. The first-order chi connectivity index (χ1) is 18.5. The van der Waals surface area contributed by atoms with Crippen molar-refractivity contribution in [3.05, 3.63) is 74.8 Å². The average Bonchev–Trinajstić information content (AvgIpc) is 3.63. The number of halogens is 1. The normalized spacial score (nSPS) is 18.7. The maximum absolute atomic E-state index is 13.0. The second-order valence-corrected chi connectivity index (χ2v) is 10.4. The van der Waals surface area contributed by atoms with Crippen LogP contribution in [0, 0.1) is 0 Å². The van der Waals surface area contributed by atoms with Crippen LogP contribution >= 0.6 is 11.6 Å². The van der Waals surface area contributed by atoms with Crippen molar-refractivity contribution in [3.63, 3.8) is 0 Å². The Morgan fingerprint density at radius 1 is 1.08 bits per heavy atom. The SMILES string of the molecule is Cn1c(=O)c2ccc(-c3cnc(N4CCN5C(=O)NCC5C4)nc3)cc2n1Cc1c(Cl)ccc2c1COC2. The van der Waals surface area contributed by atoms with Gasteiger partial charge in [0.15, 0.2) is 0 Å². The van der Waals surface area contributed by atoms with Crippen LogP contribution in [-0.2, 0) is 31.5 Å². The van der Waals surface area contributed by atoms with Crippen molar-refractivity contribution < 1.29 is 9.53 Å². The number of piperazine rings is 1. The lowest BCUT2D eigenvalue weighted by atomic mass is 10.0. The molecule has 0 aliphatic carbocycles. The van der Waals surface area contributed by atoms with E-state index in [0.29, 0.717) is 62.3 Å². The Labute approximate surface area is 223 Å². The van der Waals surface area contributed by atoms with Crippen LogP contribution in [0.1, 0.15) is 16.7 Å². The molecule has 0 saturated carbocycles. The van der Waals surface area contributed by atoms with E-state index in [4.69, 9.17) is 16.3 Å². The molecule has 7 rings (SSSR count). The summed E-state index contributed by atoms with van der Waals surface area (Å²) in [6.45, 7) is 4.27. The number of hydrogen-bond donors (Lipinski definition) is 1. The zero-order chi connectivity index (χ0) is 26.0. The number of amides is 2. The molecule has 0 bridgehead atoms. The number of nitrogens with zero attached hydrogens (tertiary/aromatic N) is 6. The molecule has 5 heterocycles. The quantitative estimate of drug-likeness (QED) is 0.435. The molecule has 0 radical (unpaired) electrons. The van der Waals surface area contributed by atoms with Crippen LogP contribution in [-0.4, -0.2) is 62.5 Å². The molecule has 1 atom stereocenters. The van der Waals surface area contributed by atoms with Gasteiger partial charge in [-0.1, -0.05) is 23.7 Å². The largest absolute Gasteiger partial charge is 0.372 e. The molecule has 4 aromatic rings. The maximum Gasteiger partial charge on any atom is 0.317 e. The molecule has 3 aliphatic heterocycles. The van der Waals surface area contributed by atoms with Gasteiger partial charge in [0, 0.05) is 56.2 Å². The number of anilines is 1. The highest BCUT2D eigenvalue weighted by Crippen LogP contribution is 2.31. The van der Waals surface area contributed by atoms with Crippen molar-refractivity contribution >= 4 is 34.5 Å². The molecule has 11 heteroatoms. The van der Waals surface area contributed by atoms with Crippen LogP contribution in [0.25, 0.3) is 22.0 Å². The summed E-state index contributed by atoms with van der Waals surface area (Å²) < 4.78 is 9.26. The van der Waals surface area contributed by atoms with Gasteiger partial charge in [0.2, 0.25) is 5.95 Å². The molecule has 0 spiro atoms. The Balaban J connectivity index is 1.20. The Morgan fingerprint density at radius 2 is 1.92 bits per heavy atom. The van der Waals surface area contributed by atoms with Gasteiger partial charge >= 0.3 is 6.03 Å². The minimum absolute atomic E-state index is 0.00736. The average molecular weight is 532 g/mol. The van der Waals surface area contributed by atoms with Crippen molar-refractivity contribution in [2.24, 2.45) is 7.05 Å². The van der Waals surface area contributed by atoms with E-state index in [-0.39, 0.29) is 17.6 Å². The van der Waals surface area contributed by atoms with E-state index in [9.17, 15) is 9.59 Å². The zero-order valence-electron chi connectivity index (χ0n) is 20.9. The van der Waals surface area contributed by atoms with Gasteiger partial charge in [0.05, 0.1) is 36.7 Å². The number of urea groups is 1. The van der Waals surface area contributed by atoms with Gasteiger partial charge in [-0.3, -0.25) is 14.2 Å². The summed E-state index contributed by atoms with van der Waals surface area (Å²) in [7, 11) is 1.78. The Kier molecular flexibility index (Phi) is 5.41. The summed E-state index contributed by atoms with van der Waals surface area (Å²) in [6.07, 6.45) is 3.63. The van der Waals surface area contributed by atoms with E-state index in [1.54, 1.807) is 11.7 Å². The van der Waals surface area contributed by atoms with E-state index in [1.165, 1.54) is 0 Å². The predicted octanol–water partition coefficient (Wildman–Crippen LogP) is 2.74. The first-order valence-electron chi connectivity index (χ1n) is 12.7. The first kappa shape index (κ1) is 23.2. The molecule has 2 saturated heterocycles. The number of fused-ring (bicyclic) bond motifs is 3. The smallest absolute Gasteiger partial charge is 0.317 e. The van der Waals surface area contributed by atoms with E-state index in [1.807, 2.05) is 52.3 Å². The third-order valence-electron chi connectivity index (χ3n) is 7.93. The van der Waals surface area contributed by atoms with E-state index in [2.05, 4.69) is 20.2 Å². The summed E-state index contributed by atoms with van der Waals surface area (Å²) in [5.74, 6) is 0.653. The highest BCUT2D eigenvalue weighted by molar-refractivity contribution is 6.31. The number of benzene rings is 2. The molecule has 194 valence electrons. The van der Waals surface area contributed by atoms with Crippen LogP contribution in [0.4, 0.5) is 10.7 Å². The van der Waals surface area contributed by atoms with Crippen molar-refractivity contribution in [2.75, 3.05) is 31.1 Å². The fourth-order valence-corrected chi connectivity index (χ4v) is 6.01. The van der Waals surface area contributed by atoms with Gasteiger partial charge in [-0.25, -0.2) is 14.8 Å². The first-order valence-corrected chi connectivity index (χ1v) is 13.0. The molecule has 2 aromatic heterocycles. The highest BCUT2D eigenvalue weighted by Gasteiger charge is 2.36. The molecule has 2 aromatic carbocycles. The topological polar surface area (TPSA) is 97.5 Å². The minimum atomic E-state index is -0.0582. The number of carbonyl (C=O) groups is 1. The van der Waals surface area contributed by atoms with Gasteiger partial charge in [-0.2, -0.15) is 0 Å². The number of ether oxygens (including phenoxy) is 1. The summed E-state index contributed by atoms with van der Waals surface area (Å²) in [5.41, 5.74) is 5.77. The molecular formula is C27H26ClN7O3. The van der Waals surface area contributed by atoms with E-state index < -0.39 is 0 Å². The molecule has 2 amide bonds. The summed E-state index contributed by atoms with van der Waals surface area (Å²) >= 11 is 6.61. The maximum atomic E-state index is 13.0. The second kappa shape index (κ2) is 8.85. The molecule has 2 fully saturated rings. The Morgan fingerprint density at radius 3 is 2.76 bits per heavy atom. The van der Waals surface area contributed by atoms with Crippen molar-refractivity contribution in [1.29, 1.82) is 0 Å². The lowest BCUT2D eigenvalue weighted by Crippen LogP contribution is -2.52. The summed E-state index contributed by atoms with van der Waals surface area (Å²) in [6, 6.07) is 9.86. The van der Waals surface area contributed by atoms with Gasteiger partial charge in [0.25, 0.3) is 5.56 Å². The molecular weight excluding hydrogens is 506 g/mol. The number of carbonyl (C=O) groups excluding carboxylic acids is 1. The van der Waals surface area contributed by atoms with E-state index in [0.717, 1.165) is 33.3 Å². The monoisotopic (exact) mass is 531 g/mol. The summed E-state index contributed by atoms with van der Waals surface area (Å²) in [4.78, 5) is 38.2. The predicted molar refractivity (Wildman–Crippen MR) is 143 cm³/mol. The number of rotatable bonds is 4. The fraction of sp³-hybridized carbons (Fsp3) is 0.333. The molecule has 1 N–H and O–H groups in total. The molecule has 38 heavy (non-hydrogen) atoms.